The first-order valence-electron chi connectivity index (χ1n) is 11.6. The number of morpholine rings is 1. The van der Waals surface area contributed by atoms with Crippen molar-refractivity contribution in [3.8, 4) is 5.75 Å². The summed E-state index contributed by atoms with van der Waals surface area (Å²) in [4.78, 5) is 9.22. The molecule has 7 heteroatoms. The zero-order valence-electron chi connectivity index (χ0n) is 19.0. The van der Waals surface area contributed by atoms with Crippen molar-refractivity contribution in [1.82, 2.24) is 15.5 Å². The van der Waals surface area contributed by atoms with Crippen LogP contribution in [0.3, 0.4) is 0 Å². The van der Waals surface area contributed by atoms with E-state index in [1.54, 1.807) is 0 Å². The van der Waals surface area contributed by atoms with E-state index >= 15 is 0 Å². The summed E-state index contributed by atoms with van der Waals surface area (Å²) >= 11 is 0. The lowest BCUT2D eigenvalue weighted by Gasteiger charge is -2.26. The Balaban J connectivity index is 1.20. The highest BCUT2D eigenvalue weighted by Crippen LogP contribution is 2.19. The SMILES string of the molecule is CN=C(NCc1cccc(OCCN2CCOCC2)c1)NC1CCN(c2ccccc2)C1. The Morgan fingerprint density at radius 2 is 1.94 bits per heavy atom. The van der Waals surface area contributed by atoms with Crippen LogP contribution < -0.4 is 20.3 Å². The predicted molar refractivity (Wildman–Crippen MR) is 130 cm³/mol. The van der Waals surface area contributed by atoms with Crippen molar-refractivity contribution in [2.75, 3.05) is 64.5 Å². The molecule has 0 aromatic heterocycles. The third kappa shape index (κ3) is 6.61. The Kier molecular flexibility index (Phi) is 8.23. The van der Waals surface area contributed by atoms with Gasteiger partial charge in [0.15, 0.2) is 5.96 Å². The number of nitrogens with one attached hydrogen (secondary N) is 2. The Labute approximate surface area is 191 Å². The van der Waals surface area contributed by atoms with Crippen LogP contribution in [0, 0.1) is 0 Å². The van der Waals surface area contributed by atoms with Crippen LogP contribution >= 0.6 is 0 Å². The number of aliphatic imine (C=N–C) groups is 1. The monoisotopic (exact) mass is 437 g/mol. The van der Waals surface area contributed by atoms with E-state index < -0.39 is 0 Å². The molecule has 0 amide bonds. The number of rotatable bonds is 8. The average Bonchev–Trinajstić information content (AvgIpc) is 3.32. The van der Waals surface area contributed by atoms with E-state index in [0.29, 0.717) is 19.2 Å². The normalized spacial score (nSPS) is 19.7. The highest BCUT2D eigenvalue weighted by atomic mass is 16.5. The second-order valence-electron chi connectivity index (χ2n) is 8.29. The number of ether oxygens (including phenoxy) is 2. The molecule has 4 rings (SSSR count). The summed E-state index contributed by atoms with van der Waals surface area (Å²) in [7, 11) is 1.82. The minimum Gasteiger partial charge on any atom is -0.492 e. The van der Waals surface area contributed by atoms with Crippen LogP contribution in [0.25, 0.3) is 0 Å². The summed E-state index contributed by atoms with van der Waals surface area (Å²) in [6.45, 7) is 8.00. The van der Waals surface area contributed by atoms with Crippen molar-refractivity contribution in [3.05, 3.63) is 60.2 Å². The average molecular weight is 438 g/mol. The van der Waals surface area contributed by atoms with Crippen molar-refractivity contribution in [3.63, 3.8) is 0 Å². The van der Waals surface area contributed by atoms with Crippen molar-refractivity contribution >= 4 is 11.6 Å². The minimum absolute atomic E-state index is 0.385. The van der Waals surface area contributed by atoms with Gasteiger partial charge in [0.05, 0.1) is 13.2 Å². The molecule has 0 radical (unpaired) electrons. The summed E-state index contributed by atoms with van der Waals surface area (Å²) in [6, 6.07) is 19.3. The highest BCUT2D eigenvalue weighted by Gasteiger charge is 2.23. The molecule has 0 aliphatic carbocycles. The number of para-hydroxylation sites is 1. The Morgan fingerprint density at radius 3 is 2.75 bits per heavy atom. The third-order valence-corrected chi connectivity index (χ3v) is 6.01. The van der Waals surface area contributed by atoms with E-state index in [1.807, 2.05) is 19.2 Å². The van der Waals surface area contributed by atoms with Gasteiger partial charge in [-0.3, -0.25) is 9.89 Å². The first kappa shape index (κ1) is 22.4. The van der Waals surface area contributed by atoms with Crippen LogP contribution in [0.15, 0.2) is 59.6 Å². The van der Waals surface area contributed by atoms with Gasteiger partial charge in [-0.15, -0.1) is 0 Å². The zero-order chi connectivity index (χ0) is 22.0. The Morgan fingerprint density at radius 1 is 1.09 bits per heavy atom. The standard InChI is InChI=1S/C25H35N5O2/c1-26-25(28-22-10-11-30(20-22)23-7-3-2-4-8-23)27-19-21-6-5-9-24(18-21)32-17-14-29-12-15-31-16-13-29/h2-9,18,22H,10-17,19-20H2,1H3,(H2,26,27,28). The lowest BCUT2D eigenvalue weighted by atomic mass is 10.2. The van der Waals surface area contributed by atoms with Gasteiger partial charge in [0, 0.05) is 58.0 Å². The van der Waals surface area contributed by atoms with E-state index in [0.717, 1.165) is 64.1 Å². The number of benzene rings is 2. The van der Waals surface area contributed by atoms with Crippen LogP contribution in [0.5, 0.6) is 5.75 Å². The van der Waals surface area contributed by atoms with Crippen molar-refractivity contribution in [2.24, 2.45) is 4.99 Å². The summed E-state index contributed by atoms with van der Waals surface area (Å²) in [5, 5.41) is 7.02. The fraction of sp³-hybridized carbons (Fsp3) is 0.480. The van der Waals surface area contributed by atoms with E-state index in [4.69, 9.17) is 9.47 Å². The molecular weight excluding hydrogens is 402 g/mol. The molecule has 1 unspecified atom stereocenters. The largest absolute Gasteiger partial charge is 0.492 e. The Hall–Kier alpha value is -2.77. The van der Waals surface area contributed by atoms with Gasteiger partial charge >= 0.3 is 0 Å². The van der Waals surface area contributed by atoms with Gasteiger partial charge in [0.1, 0.15) is 12.4 Å². The molecule has 2 saturated heterocycles. The van der Waals surface area contributed by atoms with E-state index in [9.17, 15) is 0 Å². The summed E-state index contributed by atoms with van der Waals surface area (Å²) in [6.07, 6.45) is 1.10. The molecule has 2 aliphatic rings. The highest BCUT2D eigenvalue weighted by molar-refractivity contribution is 5.80. The molecule has 2 aromatic rings. The number of hydrogen-bond donors (Lipinski definition) is 2. The van der Waals surface area contributed by atoms with Crippen molar-refractivity contribution < 1.29 is 9.47 Å². The molecule has 2 fully saturated rings. The summed E-state index contributed by atoms with van der Waals surface area (Å²) in [5.41, 5.74) is 2.46. The molecule has 2 N–H and O–H groups in total. The van der Waals surface area contributed by atoms with Crippen LogP contribution in [0.2, 0.25) is 0 Å². The van der Waals surface area contributed by atoms with Crippen LogP contribution in [0.4, 0.5) is 5.69 Å². The molecule has 1 atom stereocenters. The van der Waals surface area contributed by atoms with Crippen molar-refractivity contribution in [1.29, 1.82) is 0 Å². The topological polar surface area (TPSA) is 61.4 Å². The maximum absolute atomic E-state index is 5.98. The second-order valence-corrected chi connectivity index (χ2v) is 8.29. The van der Waals surface area contributed by atoms with Gasteiger partial charge < -0.3 is 25.0 Å². The van der Waals surface area contributed by atoms with Crippen molar-refractivity contribution in [2.45, 2.75) is 19.0 Å². The maximum atomic E-state index is 5.98. The molecular formula is C25H35N5O2. The van der Waals surface area contributed by atoms with Gasteiger partial charge in [-0.2, -0.15) is 0 Å². The molecule has 2 aliphatic heterocycles. The van der Waals surface area contributed by atoms with E-state index in [2.05, 4.69) is 67.9 Å². The van der Waals surface area contributed by atoms with Crippen LogP contribution in [-0.2, 0) is 11.3 Å². The molecule has 0 spiro atoms. The quantitative estimate of drug-likeness (QED) is 0.488. The lowest BCUT2D eigenvalue weighted by Crippen LogP contribution is -2.44. The number of guanidine groups is 1. The zero-order valence-corrected chi connectivity index (χ0v) is 19.0. The molecule has 7 nitrogen and oxygen atoms in total. The number of anilines is 1. The van der Waals surface area contributed by atoms with E-state index in [1.165, 1.54) is 11.3 Å². The molecule has 32 heavy (non-hydrogen) atoms. The first-order chi connectivity index (χ1) is 15.8. The second kappa shape index (κ2) is 11.7. The van der Waals surface area contributed by atoms with Gasteiger partial charge in [-0.25, -0.2) is 0 Å². The predicted octanol–water partition coefficient (Wildman–Crippen LogP) is 2.34. The molecule has 172 valence electrons. The molecule has 2 heterocycles. The van der Waals surface area contributed by atoms with Crippen LogP contribution in [0.1, 0.15) is 12.0 Å². The van der Waals surface area contributed by atoms with Gasteiger partial charge in [0.2, 0.25) is 0 Å². The molecule has 0 saturated carbocycles. The molecule has 2 aromatic carbocycles. The number of nitrogens with zero attached hydrogens (tertiary/aromatic N) is 3. The van der Waals surface area contributed by atoms with E-state index in [-0.39, 0.29) is 0 Å². The van der Waals surface area contributed by atoms with Gasteiger partial charge in [-0.05, 0) is 36.2 Å². The lowest BCUT2D eigenvalue weighted by molar-refractivity contribution is 0.0322. The summed E-state index contributed by atoms with van der Waals surface area (Å²) < 4.78 is 11.4. The number of hydrogen-bond acceptors (Lipinski definition) is 5. The summed E-state index contributed by atoms with van der Waals surface area (Å²) in [5.74, 6) is 1.75. The maximum Gasteiger partial charge on any atom is 0.191 e. The third-order valence-electron chi connectivity index (χ3n) is 6.01. The minimum atomic E-state index is 0.385. The smallest absolute Gasteiger partial charge is 0.191 e. The Bertz CT molecular complexity index is 854. The van der Waals surface area contributed by atoms with Crippen LogP contribution in [-0.4, -0.2) is 76.5 Å². The van der Waals surface area contributed by atoms with Gasteiger partial charge in [0.25, 0.3) is 0 Å². The van der Waals surface area contributed by atoms with Gasteiger partial charge in [-0.1, -0.05) is 30.3 Å². The fourth-order valence-electron chi connectivity index (χ4n) is 4.19. The molecule has 0 bridgehead atoms. The fourth-order valence-corrected chi connectivity index (χ4v) is 4.19. The first-order valence-corrected chi connectivity index (χ1v) is 11.6.